The molecular formula is C16H20Cl2N2O7S. The maximum atomic E-state index is 12.6. The molecule has 1 amide bonds. The fraction of sp³-hybridized carbons (Fsp3) is 0.438. The molecule has 1 aromatic carbocycles. The maximum absolute atomic E-state index is 12.6. The SMILES string of the molecule is CC(C)C[C@H](NS(=O)(=O)c1cc(Cl)cc(Cl)c1)C(=O)N[C@@H](CC(=O)O)C(=O)O. The molecular weight excluding hydrogens is 435 g/mol. The van der Waals surface area contributed by atoms with Gasteiger partial charge in [0.05, 0.1) is 11.3 Å². The van der Waals surface area contributed by atoms with Gasteiger partial charge in [-0.2, -0.15) is 4.72 Å². The van der Waals surface area contributed by atoms with Crippen molar-refractivity contribution in [2.75, 3.05) is 0 Å². The van der Waals surface area contributed by atoms with Crippen LogP contribution < -0.4 is 10.0 Å². The molecule has 0 aliphatic carbocycles. The summed E-state index contributed by atoms with van der Waals surface area (Å²) in [6, 6.07) is 0.585. The van der Waals surface area contributed by atoms with Gasteiger partial charge in [0.25, 0.3) is 0 Å². The fourth-order valence-electron chi connectivity index (χ4n) is 2.27. The highest BCUT2D eigenvalue weighted by atomic mass is 35.5. The molecule has 2 atom stereocenters. The van der Waals surface area contributed by atoms with Crippen LogP contribution in [0.1, 0.15) is 26.7 Å². The molecule has 12 heteroatoms. The summed E-state index contributed by atoms with van der Waals surface area (Å²) in [4.78, 5) is 34.1. The lowest BCUT2D eigenvalue weighted by Crippen LogP contribution is -2.52. The Morgan fingerprint density at radius 3 is 2.00 bits per heavy atom. The number of carboxylic acids is 2. The highest BCUT2D eigenvalue weighted by Gasteiger charge is 2.31. The zero-order valence-corrected chi connectivity index (χ0v) is 17.3. The van der Waals surface area contributed by atoms with Crippen LogP contribution >= 0.6 is 23.2 Å². The largest absolute Gasteiger partial charge is 0.481 e. The molecule has 9 nitrogen and oxygen atoms in total. The van der Waals surface area contributed by atoms with Crippen LogP contribution in [0.4, 0.5) is 0 Å². The molecule has 156 valence electrons. The highest BCUT2D eigenvalue weighted by Crippen LogP contribution is 2.23. The number of carboxylic acid groups (broad SMARTS) is 2. The summed E-state index contributed by atoms with van der Waals surface area (Å²) in [6.07, 6.45) is -0.815. The normalized spacial score (nSPS) is 13.8. The molecule has 4 N–H and O–H groups in total. The van der Waals surface area contributed by atoms with Gasteiger partial charge in [-0.05, 0) is 30.5 Å². The molecule has 0 aromatic heterocycles. The minimum absolute atomic E-state index is 0.0404. The van der Waals surface area contributed by atoms with E-state index in [1.54, 1.807) is 13.8 Å². The Kier molecular flexibility index (Phi) is 8.68. The van der Waals surface area contributed by atoms with Gasteiger partial charge in [0.2, 0.25) is 15.9 Å². The Bertz CT molecular complexity index is 838. The number of carbonyl (C=O) groups excluding carboxylic acids is 1. The third-order valence-electron chi connectivity index (χ3n) is 3.46. The Labute approximate surface area is 172 Å². The topological polar surface area (TPSA) is 150 Å². The zero-order chi connectivity index (χ0) is 21.6. The molecule has 0 fully saturated rings. The van der Waals surface area contributed by atoms with E-state index in [9.17, 15) is 22.8 Å². The van der Waals surface area contributed by atoms with E-state index in [4.69, 9.17) is 33.4 Å². The van der Waals surface area contributed by atoms with Crippen molar-refractivity contribution < 1.29 is 33.0 Å². The van der Waals surface area contributed by atoms with E-state index in [0.717, 1.165) is 12.1 Å². The van der Waals surface area contributed by atoms with E-state index < -0.39 is 46.4 Å². The molecule has 0 aliphatic heterocycles. The summed E-state index contributed by atoms with van der Waals surface area (Å²) in [5.41, 5.74) is 0. The molecule has 0 radical (unpaired) electrons. The lowest BCUT2D eigenvalue weighted by Gasteiger charge is -2.22. The fourth-order valence-corrected chi connectivity index (χ4v) is 4.20. The van der Waals surface area contributed by atoms with Crippen molar-refractivity contribution in [3.8, 4) is 0 Å². The Balaban J connectivity index is 3.11. The molecule has 0 saturated heterocycles. The monoisotopic (exact) mass is 454 g/mol. The zero-order valence-electron chi connectivity index (χ0n) is 15.0. The van der Waals surface area contributed by atoms with E-state index in [1.165, 1.54) is 6.07 Å². The second-order valence-corrected chi connectivity index (χ2v) is 8.99. The van der Waals surface area contributed by atoms with Gasteiger partial charge in [-0.1, -0.05) is 37.0 Å². The molecule has 0 aliphatic rings. The number of aliphatic carboxylic acids is 2. The smallest absolute Gasteiger partial charge is 0.326 e. The summed E-state index contributed by atoms with van der Waals surface area (Å²) in [5, 5.41) is 20.0. The minimum atomic E-state index is -4.22. The van der Waals surface area contributed by atoms with Crippen molar-refractivity contribution in [2.45, 2.75) is 43.7 Å². The molecule has 0 unspecified atom stereocenters. The maximum Gasteiger partial charge on any atom is 0.326 e. The van der Waals surface area contributed by atoms with Crippen molar-refractivity contribution in [1.29, 1.82) is 0 Å². The van der Waals surface area contributed by atoms with Crippen LogP contribution in [0.2, 0.25) is 10.0 Å². The average Bonchev–Trinajstić information content (AvgIpc) is 2.51. The van der Waals surface area contributed by atoms with Crippen LogP contribution in [0.25, 0.3) is 0 Å². The minimum Gasteiger partial charge on any atom is -0.481 e. The van der Waals surface area contributed by atoms with Gasteiger partial charge in [0.1, 0.15) is 12.1 Å². The molecule has 0 bridgehead atoms. The molecule has 28 heavy (non-hydrogen) atoms. The van der Waals surface area contributed by atoms with E-state index in [0.29, 0.717) is 0 Å². The summed E-state index contributed by atoms with van der Waals surface area (Å²) in [5.74, 6) is -4.08. The van der Waals surface area contributed by atoms with Crippen LogP contribution in [-0.2, 0) is 24.4 Å². The quantitative estimate of drug-likeness (QED) is 0.420. The van der Waals surface area contributed by atoms with Crippen LogP contribution in [0.5, 0.6) is 0 Å². The van der Waals surface area contributed by atoms with Gasteiger partial charge in [-0.25, -0.2) is 13.2 Å². The van der Waals surface area contributed by atoms with Gasteiger partial charge in [0, 0.05) is 10.0 Å². The number of nitrogens with one attached hydrogen (secondary N) is 2. The number of hydrogen-bond acceptors (Lipinski definition) is 5. The number of hydrogen-bond donors (Lipinski definition) is 4. The van der Waals surface area contributed by atoms with E-state index in [2.05, 4.69) is 10.0 Å². The third-order valence-corrected chi connectivity index (χ3v) is 5.35. The first kappa shape index (κ1) is 24.2. The predicted octanol–water partition coefficient (Wildman–Crippen LogP) is 1.73. The number of carbonyl (C=O) groups is 3. The number of halogens is 2. The Morgan fingerprint density at radius 2 is 1.57 bits per heavy atom. The van der Waals surface area contributed by atoms with Crippen molar-refractivity contribution in [2.24, 2.45) is 5.92 Å². The van der Waals surface area contributed by atoms with Crippen LogP contribution in [0, 0.1) is 5.92 Å². The molecule has 1 rings (SSSR count). The second-order valence-electron chi connectivity index (χ2n) is 6.41. The number of benzene rings is 1. The van der Waals surface area contributed by atoms with Gasteiger partial charge in [-0.3, -0.25) is 9.59 Å². The third kappa shape index (κ3) is 7.63. The first-order valence-corrected chi connectivity index (χ1v) is 10.3. The molecule has 1 aromatic rings. The van der Waals surface area contributed by atoms with Gasteiger partial charge in [-0.15, -0.1) is 0 Å². The summed E-state index contributed by atoms with van der Waals surface area (Å²) >= 11 is 11.6. The summed E-state index contributed by atoms with van der Waals surface area (Å²) in [6.45, 7) is 3.47. The average molecular weight is 455 g/mol. The summed E-state index contributed by atoms with van der Waals surface area (Å²) in [7, 11) is -4.22. The number of amides is 1. The van der Waals surface area contributed by atoms with Gasteiger partial charge in [0.15, 0.2) is 0 Å². The van der Waals surface area contributed by atoms with Crippen LogP contribution in [-0.4, -0.2) is 48.6 Å². The molecule has 0 spiro atoms. The Hall–Kier alpha value is -1.88. The van der Waals surface area contributed by atoms with Crippen molar-refractivity contribution >= 4 is 51.1 Å². The lowest BCUT2D eigenvalue weighted by molar-refractivity contribution is -0.147. The van der Waals surface area contributed by atoms with Crippen LogP contribution in [0.3, 0.4) is 0 Å². The Morgan fingerprint density at radius 1 is 1.04 bits per heavy atom. The lowest BCUT2D eigenvalue weighted by atomic mass is 10.0. The van der Waals surface area contributed by atoms with Crippen LogP contribution in [0.15, 0.2) is 23.1 Å². The standard InChI is InChI=1S/C16H20Cl2N2O7S/c1-8(2)3-12(15(23)19-13(16(24)25)7-14(21)22)20-28(26,27)11-5-9(17)4-10(18)6-11/h4-6,8,12-13,20H,3,7H2,1-2H3,(H,19,23)(H,21,22)(H,24,25)/t12-,13-/m0/s1. The van der Waals surface area contributed by atoms with Crippen molar-refractivity contribution in [3.05, 3.63) is 28.2 Å². The van der Waals surface area contributed by atoms with Crippen molar-refractivity contribution in [3.63, 3.8) is 0 Å². The first-order valence-electron chi connectivity index (χ1n) is 8.05. The van der Waals surface area contributed by atoms with E-state index >= 15 is 0 Å². The predicted molar refractivity (Wildman–Crippen MR) is 102 cm³/mol. The van der Waals surface area contributed by atoms with Gasteiger partial charge >= 0.3 is 11.9 Å². The van der Waals surface area contributed by atoms with Gasteiger partial charge < -0.3 is 15.5 Å². The molecule has 0 heterocycles. The molecule has 0 saturated carbocycles. The number of sulfonamides is 1. The second kappa shape index (κ2) is 10.1. The van der Waals surface area contributed by atoms with Crippen molar-refractivity contribution in [1.82, 2.24) is 10.0 Å². The first-order chi connectivity index (χ1) is 12.8. The highest BCUT2D eigenvalue weighted by molar-refractivity contribution is 7.89. The van der Waals surface area contributed by atoms with E-state index in [1.807, 2.05) is 0 Å². The summed E-state index contributed by atoms with van der Waals surface area (Å²) < 4.78 is 27.4. The number of rotatable bonds is 10. The van der Waals surface area contributed by atoms with E-state index in [-0.39, 0.29) is 27.3 Å².